The first kappa shape index (κ1) is 8.69. The zero-order valence-corrected chi connectivity index (χ0v) is 7.73. The second kappa shape index (κ2) is 3.67. The SMILES string of the molecule is C[NH+](C)CC1CC1.[I-]. The molecule has 0 aliphatic heterocycles. The van der Waals surface area contributed by atoms with Gasteiger partial charge in [-0.15, -0.1) is 0 Å². The number of nitrogens with one attached hydrogen (secondary N) is 1. The molecule has 1 fully saturated rings. The molecule has 0 atom stereocenters. The Morgan fingerprint density at radius 2 is 1.88 bits per heavy atom. The molecule has 0 aromatic heterocycles. The monoisotopic (exact) mass is 227 g/mol. The summed E-state index contributed by atoms with van der Waals surface area (Å²) < 4.78 is 0. The van der Waals surface area contributed by atoms with E-state index in [0.717, 1.165) is 5.92 Å². The van der Waals surface area contributed by atoms with Crippen LogP contribution in [0.1, 0.15) is 12.8 Å². The fourth-order valence-electron chi connectivity index (χ4n) is 0.899. The van der Waals surface area contributed by atoms with Gasteiger partial charge in [-0.2, -0.15) is 0 Å². The summed E-state index contributed by atoms with van der Waals surface area (Å²) in [5.41, 5.74) is 0. The van der Waals surface area contributed by atoms with Gasteiger partial charge in [0.15, 0.2) is 0 Å². The summed E-state index contributed by atoms with van der Waals surface area (Å²) in [4.78, 5) is 1.60. The zero-order valence-electron chi connectivity index (χ0n) is 5.58. The second-order valence-electron chi connectivity index (χ2n) is 2.85. The molecular weight excluding hydrogens is 213 g/mol. The maximum atomic E-state index is 2.22. The van der Waals surface area contributed by atoms with Crippen LogP contribution in [0.25, 0.3) is 0 Å². The van der Waals surface area contributed by atoms with E-state index >= 15 is 0 Å². The van der Waals surface area contributed by atoms with Crippen molar-refractivity contribution in [1.29, 1.82) is 0 Å². The first-order valence-corrected chi connectivity index (χ1v) is 3.08. The average Bonchev–Trinajstić information content (AvgIpc) is 2.17. The topological polar surface area (TPSA) is 4.44 Å². The van der Waals surface area contributed by atoms with Crippen LogP contribution in [0.4, 0.5) is 0 Å². The van der Waals surface area contributed by atoms with Gasteiger partial charge in [-0.1, -0.05) is 0 Å². The molecule has 0 bridgehead atoms. The molecule has 1 nitrogen and oxygen atoms in total. The van der Waals surface area contributed by atoms with E-state index in [1.54, 1.807) is 4.90 Å². The Bertz CT molecular complexity index is 59.5. The molecule has 0 unspecified atom stereocenters. The number of rotatable bonds is 2. The predicted octanol–water partition coefficient (Wildman–Crippen LogP) is -3.46. The van der Waals surface area contributed by atoms with E-state index in [-0.39, 0.29) is 24.0 Å². The summed E-state index contributed by atoms with van der Waals surface area (Å²) in [6.45, 7) is 1.39. The molecule has 8 heavy (non-hydrogen) atoms. The van der Waals surface area contributed by atoms with Crippen molar-refractivity contribution >= 4 is 0 Å². The van der Waals surface area contributed by atoms with Crippen LogP contribution in [0.15, 0.2) is 0 Å². The van der Waals surface area contributed by atoms with E-state index in [1.165, 1.54) is 19.4 Å². The number of quaternary nitrogens is 1. The number of hydrogen-bond donors (Lipinski definition) is 1. The van der Waals surface area contributed by atoms with Crippen molar-refractivity contribution in [3.05, 3.63) is 0 Å². The van der Waals surface area contributed by atoms with Gasteiger partial charge in [0.05, 0.1) is 20.6 Å². The van der Waals surface area contributed by atoms with Gasteiger partial charge in [0.25, 0.3) is 0 Å². The third kappa shape index (κ3) is 3.66. The van der Waals surface area contributed by atoms with Crippen molar-refractivity contribution in [1.82, 2.24) is 0 Å². The first-order valence-electron chi connectivity index (χ1n) is 3.08. The Balaban J connectivity index is 0.000000490. The van der Waals surface area contributed by atoms with E-state index in [4.69, 9.17) is 0 Å². The lowest BCUT2D eigenvalue weighted by Gasteiger charge is -2.02. The molecule has 1 aliphatic carbocycles. The highest BCUT2D eigenvalue weighted by Crippen LogP contribution is 2.26. The molecule has 1 rings (SSSR count). The molecule has 1 saturated carbocycles. The van der Waals surface area contributed by atoms with Crippen molar-refractivity contribution in [2.75, 3.05) is 20.6 Å². The Kier molecular flexibility index (Phi) is 3.98. The lowest BCUT2D eigenvalue weighted by Crippen LogP contribution is -3.06. The van der Waals surface area contributed by atoms with E-state index in [9.17, 15) is 0 Å². The summed E-state index contributed by atoms with van der Waals surface area (Å²) in [5.74, 6) is 1.09. The third-order valence-corrected chi connectivity index (χ3v) is 1.39. The molecular formula is C6H14IN. The molecule has 0 aromatic rings. The summed E-state index contributed by atoms with van der Waals surface area (Å²) in [5, 5.41) is 0. The fraction of sp³-hybridized carbons (Fsp3) is 1.00. The molecule has 0 saturated heterocycles. The van der Waals surface area contributed by atoms with Crippen LogP contribution in [-0.2, 0) is 0 Å². The first-order chi connectivity index (χ1) is 3.29. The van der Waals surface area contributed by atoms with Crippen LogP contribution in [0, 0.1) is 5.92 Å². The molecule has 0 aromatic carbocycles. The van der Waals surface area contributed by atoms with Gasteiger partial charge in [-0.25, -0.2) is 0 Å². The molecule has 1 aliphatic rings. The van der Waals surface area contributed by atoms with Gasteiger partial charge in [0, 0.05) is 5.92 Å². The molecule has 50 valence electrons. The summed E-state index contributed by atoms with van der Waals surface area (Å²) in [6.07, 6.45) is 2.98. The van der Waals surface area contributed by atoms with Crippen molar-refractivity contribution < 1.29 is 28.9 Å². The Morgan fingerprint density at radius 1 is 1.38 bits per heavy atom. The highest BCUT2D eigenvalue weighted by atomic mass is 127. The van der Waals surface area contributed by atoms with Crippen molar-refractivity contribution in [2.24, 2.45) is 5.92 Å². The third-order valence-electron chi connectivity index (χ3n) is 1.39. The molecule has 2 heteroatoms. The van der Waals surface area contributed by atoms with Gasteiger partial charge >= 0.3 is 0 Å². The van der Waals surface area contributed by atoms with Crippen molar-refractivity contribution in [3.8, 4) is 0 Å². The minimum absolute atomic E-state index is 0. The Morgan fingerprint density at radius 3 is 2.00 bits per heavy atom. The maximum absolute atomic E-state index is 2.22. The largest absolute Gasteiger partial charge is 1.00 e. The summed E-state index contributed by atoms with van der Waals surface area (Å²) in [7, 11) is 4.44. The van der Waals surface area contributed by atoms with E-state index in [0.29, 0.717) is 0 Å². The molecule has 0 spiro atoms. The minimum atomic E-state index is 0. The lowest BCUT2D eigenvalue weighted by atomic mass is 10.4. The van der Waals surface area contributed by atoms with Gasteiger partial charge in [0.1, 0.15) is 0 Å². The van der Waals surface area contributed by atoms with Gasteiger partial charge in [0.2, 0.25) is 0 Å². The van der Waals surface area contributed by atoms with Gasteiger partial charge in [-0.05, 0) is 12.8 Å². The number of halogens is 1. The van der Waals surface area contributed by atoms with Crippen molar-refractivity contribution in [3.63, 3.8) is 0 Å². The Hall–Kier alpha value is 0.690. The fourth-order valence-corrected chi connectivity index (χ4v) is 0.899. The van der Waals surface area contributed by atoms with Crippen LogP contribution >= 0.6 is 0 Å². The van der Waals surface area contributed by atoms with Gasteiger partial charge < -0.3 is 28.9 Å². The van der Waals surface area contributed by atoms with E-state index < -0.39 is 0 Å². The molecule has 0 amide bonds. The van der Waals surface area contributed by atoms with Crippen LogP contribution in [0.2, 0.25) is 0 Å². The zero-order chi connectivity index (χ0) is 5.28. The lowest BCUT2D eigenvalue weighted by molar-refractivity contribution is -0.860. The minimum Gasteiger partial charge on any atom is -1.00 e. The smallest absolute Gasteiger partial charge is 0.0795 e. The summed E-state index contributed by atoms with van der Waals surface area (Å²) >= 11 is 0. The van der Waals surface area contributed by atoms with Crippen LogP contribution in [0.3, 0.4) is 0 Å². The maximum Gasteiger partial charge on any atom is 0.0795 e. The molecule has 0 heterocycles. The predicted molar refractivity (Wildman–Crippen MR) is 30.4 cm³/mol. The molecule has 0 radical (unpaired) electrons. The summed E-state index contributed by atoms with van der Waals surface area (Å²) in [6, 6.07) is 0. The number of hydrogen-bond acceptors (Lipinski definition) is 0. The van der Waals surface area contributed by atoms with E-state index in [1.807, 2.05) is 0 Å². The van der Waals surface area contributed by atoms with Crippen LogP contribution in [0.5, 0.6) is 0 Å². The normalized spacial score (nSPS) is 18.4. The van der Waals surface area contributed by atoms with Crippen molar-refractivity contribution in [2.45, 2.75) is 12.8 Å². The standard InChI is InChI=1S/C6H13N.HI/c1-7(2)5-6-3-4-6;/h6H,3-5H2,1-2H3;1H. The van der Waals surface area contributed by atoms with E-state index in [2.05, 4.69) is 14.1 Å². The van der Waals surface area contributed by atoms with Gasteiger partial charge in [-0.3, -0.25) is 0 Å². The highest BCUT2D eigenvalue weighted by Gasteiger charge is 2.23. The highest BCUT2D eigenvalue weighted by molar-refractivity contribution is 4.70. The molecule has 1 N–H and O–H groups in total. The second-order valence-corrected chi connectivity index (χ2v) is 2.85. The average molecular weight is 227 g/mol. The van der Waals surface area contributed by atoms with Crippen LogP contribution < -0.4 is 28.9 Å². The quantitative estimate of drug-likeness (QED) is 0.468. The van der Waals surface area contributed by atoms with Crippen LogP contribution in [-0.4, -0.2) is 20.6 Å². The Labute approximate surface area is 68.5 Å².